The van der Waals surface area contributed by atoms with Gasteiger partial charge in [0.15, 0.2) is 0 Å². The van der Waals surface area contributed by atoms with Gasteiger partial charge in [0.2, 0.25) is 5.91 Å². The van der Waals surface area contributed by atoms with Crippen molar-refractivity contribution < 1.29 is 14.3 Å². The van der Waals surface area contributed by atoms with Crippen LogP contribution in [0.2, 0.25) is 19.6 Å². The minimum atomic E-state index is -1.61. The van der Waals surface area contributed by atoms with Gasteiger partial charge in [0.25, 0.3) is 0 Å². The maximum absolute atomic E-state index is 12.3. The molecule has 0 aliphatic heterocycles. The molecule has 4 nitrogen and oxygen atoms in total. The van der Waals surface area contributed by atoms with Crippen LogP contribution in [0.25, 0.3) is 0 Å². The highest BCUT2D eigenvalue weighted by atomic mass is 28.3. The van der Waals surface area contributed by atoms with Gasteiger partial charge in [0, 0.05) is 0 Å². The van der Waals surface area contributed by atoms with E-state index in [0.29, 0.717) is 0 Å². The lowest BCUT2D eigenvalue weighted by atomic mass is 10.1. The van der Waals surface area contributed by atoms with Crippen molar-refractivity contribution >= 4 is 20.0 Å². The molecule has 0 spiro atoms. The summed E-state index contributed by atoms with van der Waals surface area (Å²) in [5, 5.41) is 2.86. The van der Waals surface area contributed by atoms with E-state index in [-0.39, 0.29) is 24.7 Å². The molecule has 136 valence electrons. The second kappa shape index (κ2) is 8.86. The lowest BCUT2D eigenvalue weighted by Gasteiger charge is -2.21. The summed E-state index contributed by atoms with van der Waals surface area (Å²) in [4.78, 5) is 24.4. The van der Waals surface area contributed by atoms with Crippen molar-refractivity contribution in [3.8, 4) is 11.5 Å². The van der Waals surface area contributed by atoms with Crippen LogP contribution in [0.4, 0.5) is 0 Å². The summed E-state index contributed by atoms with van der Waals surface area (Å²) >= 11 is 0. The normalized spacial score (nSPS) is 12.6. The Kier molecular flexibility index (Phi) is 7.44. The molecule has 1 aromatic rings. The summed E-state index contributed by atoms with van der Waals surface area (Å²) in [5.41, 5.74) is 3.60. The molecule has 0 aliphatic carbocycles. The van der Waals surface area contributed by atoms with E-state index in [0.717, 1.165) is 5.56 Å². The Balaban J connectivity index is 2.78. The van der Waals surface area contributed by atoms with Gasteiger partial charge in [-0.2, -0.15) is 0 Å². The summed E-state index contributed by atoms with van der Waals surface area (Å²) in [6, 6.07) is 8.97. The summed E-state index contributed by atoms with van der Waals surface area (Å²) in [6.45, 7) is 11.8. The molecule has 1 atom stereocenters. The van der Waals surface area contributed by atoms with Crippen LogP contribution in [0.5, 0.6) is 0 Å². The monoisotopic (exact) mass is 359 g/mol. The number of hydrogen-bond donors (Lipinski definition) is 1. The van der Waals surface area contributed by atoms with Crippen LogP contribution in [0.1, 0.15) is 32.8 Å². The largest absolute Gasteiger partial charge is 0.460 e. The summed E-state index contributed by atoms with van der Waals surface area (Å²) in [5.74, 6) is 2.56. The lowest BCUT2D eigenvalue weighted by Crippen LogP contribution is -2.38. The van der Waals surface area contributed by atoms with Gasteiger partial charge in [-0.15, -0.1) is 5.54 Å². The highest BCUT2D eigenvalue weighted by Crippen LogP contribution is 2.10. The lowest BCUT2D eigenvalue weighted by molar-refractivity contribution is -0.155. The van der Waals surface area contributed by atoms with Crippen LogP contribution in [0.3, 0.4) is 0 Å². The molecule has 1 aromatic carbocycles. The van der Waals surface area contributed by atoms with E-state index in [9.17, 15) is 9.59 Å². The first kappa shape index (κ1) is 21.0. The number of carbonyl (C=O) groups excluding carboxylic acids is 2. The van der Waals surface area contributed by atoms with Gasteiger partial charge < -0.3 is 10.1 Å². The fourth-order valence-electron chi connectivity index (χ4n) is 2.02. The Morgan fingerprint density at radius 1 is 1.16 bits per heavy atom. The van der Waals surface area contributed by atoms with Crippen molar-refractivity contribution in [1.82, 2.24) is 5.32 Å². The highest BCUT2D eigenvalue weighted by molar-refractivity contribution is 6.83. The minimum absolute atomic E-state index is 0.0509. The van der Waals surface area contributed by atoms with E-state index < -0.39 is 19.7 Å². The predicted octanol–water partition coefficient (Wildman–Crippen LogP) is 3.33. The highest BCUT2D eigenvalue weighted by Gasteiger charge is 2.21. The SMILES string of the molecule is CC(C)(C)OC(=O)C[C@@H](C#C[Si](C)(C)C)NC(=O)Cc1ccccc1. The third-order valence-corrected chi connectivity index (χ3v) is 3.85. The van der Waals surface area contributed by atoms with Gasteiger partial charge in [-0.05, 0) is 26.3 Å². The molecule has 0 saturated carbocycles. The number of amides is 1. The van der Waals surface area contributed by atoms with E-state index in [1.54, 1.807) is 0 Å². The van der Waals surface area contributed by atoms with Crippen LogP contribution < -0.4 is 5.32 Å². The molecule has 0 aromatic heterocycles. The molecule has 0 fully saturated rings. The first-order valence-electron chi connectivity index (χ1n) is 8.52. The average Bonchev–Trinajstić information content (AvgIpc) is 2.43. The fraction of sp³-hybridized carbons (Fsp3) is 0.500. The molecule has 25 heavy (non-hydrogen) atoms. The molecule has 0 unspecified atom stereocenters. The number of esters is 1. The van der Waals surface area contributed by atoms with E-state index in [1.807, 2.05) is 51.1 Å². The predicted molar refractivity (Wildman–Crippen MR) is 104 cm³/mol. The van der Waals surface area contributed by atoms with Crippen molar-refractivity contribution in [2.75, 3.05) is 0 Å². The standard InChI is InChI=1S/C20H29NO3Si/c1-20(2,3)24-19(23)15-17(12-13-25(4,5)6)21-18(22)14-16-10-8-7-9-11-16/h7-11,17H,14-15H2,1-6H3,(H,21,22)/t17-/m1/s1. The summed E-state index contributed by atoms with van der Waals surface area (Å²) in [7, 11) is -1.61. The third-order valence-electron chi connectivity index (χ3n) is 2.95. The van der Waals surface area contributed by atoms with Gasteiger partial charge >= 0.3 is 5.97 Å². The van der Waals surface area contributed by atoms with Crippen LogP contribution in [-0.2, 0) is 20.7 Å². The van der Waals surface area contributed by atoms with Gasteiger partial charge in [0.05, 0.1) is 12.8 Å². The number of nitrogens with one attached hydrogen (secondary N) is 1. The van der Waals surface area contributed by atoms with Gasteiger partial charge in [-0.3, -0.25) is 9.59 Å². The Morgan fingerprint density at radius 3 is 2.28 bits per heavy atom. The van der Waals surface area contributed by atoms with Gasteiger partial charge in [-0.25, -0.2) is 0 Å². The Labute approximate surface area is 152 Å². The van der Waals surface area contributed by atoms with Gasteiger partial charge in [0.1, 0.15) is 19.7 Å². The van der Waals surface area contributed by atoms with Crippen LogP contribution in [-0.4, -0.2) is 31.6 Å². The number of carbonyl (C=O) groups is 2. The second-order valence-electron chi connectivity index (χ2n) is 8.09. The molecule has 0 saturated heterocycles. The molecule has 0 heterocycles. The van der Waals surface area contributed by atoms with E-state index >= 15 is 0 Å². The molecule has 0 radical (unpaired) electrons. The molecule has 1 N–H and O–H groups in total. The summed E-state index contributed by atoms with van der Waals surface area (Å²) < 4.78 is 5.35. The Hall–Kier alpha value is -2.06. The van der Waals surface area contributed by atoms with Crippen molar-refractivity contribution in [3.63, 3.8) is 0 Å². The van der Waals surface area contributed by atoms with Crippen LogP contribution >= 0.6 is 0 Å². The van der Waals surface area contributed by atoms with Gasteiger partial charge in [-0.1, -0.05) is 55.9 Å². The molecule has 0 bridgehead atoms. The van der Waals surface area contributed by atoms with Crippen molar-refractivity contribution in [3.05, 3.63) is 35.9 Å². The minimum Gasteiger partial charge on any atom is -0.460 e. The second-order valence-corrected chi connectivity index (χ2v) is 12.8. The zero-order valence-corrected chi connectivity index (χ0v) is 17.1. The van der Waals surface area contributed by atoms with E-state index in [4.69, 9.17) is 4.74 Å². The fourth-order valence-corrected chi connectivity index (χ4v) is 2.63. The van der Waals surface area contributed by atoms with E-state index in [1.165, 1.54) is 0 Å². The Bertz CT molecular complexity index is 645. The van der Waals surface area contributed by atoms with Crippen LogP contribution in [0.15, 0.2) is 30.3 Å². The quantitative estimate of drug-likeness (QED) is 0.498. The maximum Gasteiger partial charge on any atom is 0.309 e. The number of ether oxygens (including phenoxy) is 1. The first-order valence-corrected chi connectivity index (χ1v) is 12.0. The molecule has 1 rings (SSSR count). The Morgan fingerprint density at radius 2 is 1.76 bits per heavy atom. The molecular formula is C20H29NO3Si. The third kappa shape index (κ3) is 10.4. The number of benzene rings is 1. The number of rotatable bonds is 5. The topological polar surface area (TPSA) is 55.4 Å². The van der Waals surface area contributed by atoms with Crippen molar-refractivity contribution in [2.24, 2.45) is 0 Å². The zero-order valence-electron chi connectivity index (χ0n) is 16.1. The molecule has 0 aliphatic rings. The van der Waals surface area contributed by atoms with Crippen molar-refractivity contribution in [1.29, 1.82) is 0 Å². The average molecular weight is 360 g/mol. The molecule has 1 amide bonds. The molecular weight excluding hydrogens is 330 g/mol. The molecule has 5 heteroatoms. The summed E-state index contributed by atoms with van der Waals surface area (Å²) in [6.07, 6.45) is 0.315. The smallest absolute Gasteiger partial charge is 0.309 e. The van der Waals surface area contributed by atoms with E-state index in [2.05, 4.69) is 36.4 Å². The van der Waals surface area contributed by atoms with Crippen LogP contribution in [0, 0.1) is 11.5 Å². The maximum atomic E-state index is 12.3. The first-order chi connectivity index (χ1) is 11.4. The number of hydrogen-bond acceptors (Lipinski definition) is 3. The van der Waals surface area contributed by atoms with Crippen molar-refractivity contribution in [2.45, 2.75) is 64.9 Å². The zero-order chi connectivity index (χ0) is 19.1.